The summed E-state index contributed by atoms with van der Waals surface area (Å²) in [5.74, 6) is -0.800. The molecule has 0 atom stereocenters. The second-order valence-electron chi connectivity index (χ2n) is 11.5. The molecule has 268 valence electrons. The van der Waals surface area contributed by atoms with Gasteiger partial charge < -0.3 is 26.0 Å². The normalized spacial score (nSPS) is 14.1. The number of anilines is 2. The van der Waals surface area contributed by atoms with Gasteiger partial charge in [0.05, 0.1) is 51.9 Å². The van der Waals surface area contributed by atoms with Crippen LogP contribution in [-0.2, 0) is 34.0 Å². The third kappa shape index (κ3) is 9.28. The topological polar surface area (TPSA) is 236 Å². The maximum absolute atomic E-state index is 12.2. The number of carboxylic acid groups (broad SMARTS) is 1. The molecule has 2 aliphatic rings. The summed E-state index contributed by atoms with van der Waals surface area (Å²) < 4.78 is 52.4. The molecule has 6 rings (SSSR count). The number of amidine groups is 2. The van der Waals surface area contributed by atoms with E-state index in [1.54, 1.807) is 56.6 Å². The first-order chi connectivity index (χ1) is 23.6. The Kier molecular flexibility index (Phi) is 13.6. The summed E-state index contributed by atoms with van der Waals surface area (Å²) in [5.41, 5.74) is 4.45. The van der Waals surface area contributed by atoms with E-state index < -0.39 is 31.6 Å². The van der Waals surface area contributed by atoms with Crippen LogP contribution >= 0.6 is 0 Å². The Morgan fingerprint density at radius 2 is 1.17 bits per heavy atom. The first-order valence-electron chi connectivity index (χ1n) is 15.2. The van der Waals surface area contributed by atoms with Crippen molar-refractivity contribution in [3.05, 3.63) is 83.2 Å². The number of benzene rings is 2. The number of hydrogen-bond acceptors (Lipinski definition) is 14. The quantitative estimate of drug-likeness (QED) is 0.177. The number of carbonyl (C=O) groups excluding carboxylic acids is 1. The number of carbonyl (C=O) groups is 2. The van der Waals surface area contributed by atoms with E-state index in [0.717, 1.165) is 18.1 Å². The van der Waals surface area contributed by atoms with Crippen LogP contribution in [0.15, 0.2) is 103 Å². The van der Waals surface area contributed by atoms with Gasteiger partial charge in [-0.1, -0.05) is 0 Å². The van der Waals surface area contributed by atoms with Gasteiger partial charge in [0.25, 0.3) is 0 Å². The molecule has 2 aromatic heterocycles. The Hall–Kier alpha value is -4.52. The molecule has 4 heterocycles. The number of fused-ring (bicyclic) bond motifs is 2. The zero-order chi connectivity index (χ0) is 36.4. The molecule has 0 fully saturated rings. The molecule has 0 unspecified atom stereocenters. The molecule has 4 aromatic rings. The minimum absolute atomic E-state index is 0. The van der Waals surface area contributed by atoms with Crippen LogP contribution < -0.4 is 40.2 Å². The van der Waals surface area contributed by atoms with Crippen molar-refractivity contribution in [2.24, 2.45) is 9.98 Å². The number of rotatable bonds is 7. The van der Waals surface area contributed by atoms with Gasteiger partial charge in [-0.25, -0.2) is 26.4 Å². The van der Waals surface area contributed by atoms with E-state index in [-0.39, 0.29) is 62.8 Å². The molecule has 52 heavy (non-hydrogen) atoms. The summed E-state index contributed by atoms with van der Waals surface area (Å²) >= 11 is 0. The van der Waals surface area contributed by atoms with Crippen molar-refractivity contribution in [1.82, 2.24) is 9.97 Å². The monoisotopic (exact) mass is 758 g/mol. The molecule has 2 aliphatic heterocycles. The number of pyridine rings is 2. The Balaban J connectivity index is 0.000000271. The van der Waals surface area contributed by atoms with E-state index in [2.05, 4.69) is 30.6 Å². The van der Waals surface area contributed by atoms with Crippen molar-refractivity contribution in [3.8, 4) is 0 Å². The van der Waals surface area contributed by atoms with Crippen LogP contribution in [0, 0.1) is 0 Å². The van der Waals surface area contributed by atoms with Gasteiger partial charge in [-0.2, -0.15) is 0 Å². The molecule has 0 bridgehead atoms. The van der Waals surface area contributed by atoms with Crippen LogP contribution in [-0.4, -0.2) is 93.2 Å². The molecule has 15 nitrogen and oxygen atoms in total. The maximum Gasteiger partial charge on any atom is 1.00 e. The van der Waals surface area contributed by atoms with Crippen LogP contribution in [0.3, 0.4) is 0 Å². The minimum atomic E-state index is -3.36. The van der Waals surface area contributed by atoms with E-state index in [1.807, 2.05) is 6.92 Å². The van der Waals surface area contributed by atoms with Crippen LogP contribution in [0.4, 0.5) is 11.4 Å². The predicted molar refractivity (Wildman–Crippen MR) is 193 cm³/mol. The molecule has 0 saturated heterocycles. The fourth-order valence-corrected chi connectivity index (χ4v) is 6.56. The first-order valence-corrected chi connectivity index (χ1v) is 19.0. The summed E-state index contributed by atoms with van der Waals surface area (Å²) in [7, 11) is -6.71. The second-order valence-corrected chi connectivity index (χ2v) is 15.6. The summed E-state index contributed by atoms with van der Waals surface area (Å²) in [5, 5.41) is 16.7. The number of nitrogens with zero attached hydrogens (tertiary/aromatic N) is 4. The van der Waals surface area contributed by atoms with Gasteiger partial charge in [0.1, 0.15) is 22.8 Å². The molecular formula is C34H35N6NaO9S2. The number of aliphatic imine (C=N–C) groups is 2. The van der Waals surface area contributed by atoms with E-state index >= 15 is 0 Å². The fraction of sp³-hybridized carbons (Fsp3) is 0.235. The van der Waals surface area contributed by atoms with Crippen molar-refractivity contribution < 1.29 is 71.3 Å². The van der Waals surface area contributed by atoms with Crippen LogP contribution in [0.25, 0.3) is 21.8 Å². The number of sulfone groups is 2. The standard InChI is InChI=1S/C18H19N3O4S.C16H15N3O4S.Na.H2O/c1-4-25-18(22)16-11(2)10-20-17(16)21-15-7-8-19-14-6-5-12(9-13(14)15)26(3,23)24;1-9-8-18-15(14(9)16(20)21)19-13-5-6-17-12-4-3-10(7-11(12)13)24(2,22)23;;/h5-9H,4,10H2,1-3H3,(H,19,20,21);3-7H,8H2,1-2H3,(H,20,21)(H,17,18,19);;1H2/q;;+1;/p-1. The van der Waals surface area contributed by atoms with Gasteiger partial charge in [0.2, 0.25) is 0 Å². The second kappa shape index (κ2) is 16.9. The van der Waals surface area contributed by atoms with E-state index in [0.29, 0.717) is 63.3 Å². The number of aliphatic carboxylic acids is 1. The summed E-state index contributed by atoms with van der Waals surface area (Å²) in [6.07, 6.45) is 5.47. The van der Waals surface area contributed by atoms with Gasteiger partial charge in [0.15, 0.2) is 19.7 Å². The van der Waals surface area contributed by atoms with Crippen molar-refractivity contribution in [1.29, 1.82) is 0 Å². The zero-order valence-electron chi connectivity index (χ0n) is 29.3. The van der Waals surface area contributed by atoms with E-state index in [1.165, 1.54) is 18.2 Å². The van der Waals surface area contributed by atoms with Gasteiger partial charge in [-0.3, -0.25) is 20.0 Å². The van der Waals surface area contributed by atoms with Crippen molar-refractivity contribution in [2.45, 2.75) is 30.6 Å². The molecule has 4 N–H and O–H groups in total. The summed E-state index contributed by atoms with van der Waals surface area (Å²) in [4.78, 5) is 41.0. The Labute approximate surface area is 322 Å². The van der Waals surface area contributed by atoms with Crippen molar-refractivity contribution >= 4 is 76.5 Å². The third-order valence-corrected chi connectivity index (χ3v) is 9.98. The number of aromatic nitrogens is 2. The maximum atomic E-state index is 12.2. The van der Waals surface area contributed by atoms with E-state index in [9.17, 15) is 31.5 Å². The summed E-state index contributed by atoms with van der Waals surface area (Å²) in [6, 6.07) is 12.7. The van der Waals surface area contributed by atoms with Gasteiger partial charge in [0, 0.05) is 35.7 Å². The van der Waals surface area contributed by atoms with Crippen molar-refractivity contribution in [3.63, 3.8) is 0 Å². The largest absolute Gasteiger partial charge is 1.00 e. The molecule has 0 spiro atoms. The number of ether oxygens (including phenoxy) is 1. The zero-order valence-corrected chi connectivity index (χ0v) is 32.9. The van der Waals surface area contributed by atoms with Gasteiger partial charge >= 0.3 is 41.5 Å². The number of hydrogen-bond donors (Lipinski definition) is 3. The van der Waals surface area contributed by atoms with Gasteiger partial charge in [-0.15, -0.1) is 0 Å². The SMILES string of the molecule is CC1=C(C(=O)O)C(Nc2ccnc3ccc(S(C)(=O)=O)cc23)=NC1.CCOC(=O)C1=C(C)CN=C1Nc1ccnc2ccc(S(C)(=O)=O)cc12.[Na+].[OH-]. The van der Waals surface area contributed by atoms with Crippen LogP contribution in [0.1, 0.15) is 20.8 Å². The molecule has 0 radical (unpaired) electrons. The molecule has 0 saturated carbocycles. The van der Waals surface area contributed by atoms with E-state index in [4.69, 9.17) is 4.74 Å². The Morgan fingerprint density at radius 3 is 1.58 bits per heavy atom. The van der Waals surface area contributed by atoms with Gasteiger partial charge in [-0.05, 0) is 80.4 Å². The first kappa shape index (κ1) is 41.9. The molecule has 2 aromatic carbocycles. The Bertz CT molecular complexity index is 2430. The Morgan fingerprint density at radius 1 is 0.750 bits per heavy atom. The predicted octanol–water partition coefficient (Wildman–Crippen LogP) is 1.03. The minimum Gasteiger partial charge on any atom is -0.870 e. The molecular weight excluding hydrogens is 724 g/mol. The smallest absolute Gasteiger partial charge is 0.870 e. The number of carboxylic acids is 1. The third-order valence-electron chi connectivity index (χ3n) is 7.76. The average molecular weight is 759 g/mol. The van der Waals surface area contributed by atoms with Crippen molar-refractivity contribution in [2.75, 3.05) is 42.8 Å². The fourth-order valence-electron chi connectivity index (χ4n) is 5.26. The van der Waals surface area contributed by atoms with Crippen LogP contribution in [0.2, 0.25) is 0 Å². The summed E-state index contributed by atoms with van der Waals surface area (Å²) in [6.45, 7) is 6.30. The average Bonchev–Trinajstić information content (AvgIpc) is 3.61. The number of esters is 1. The number of nitrogens with one attached hydrogen (secondary N) is 2. The molecule has 0 amide bonds. The molecule has 0 aliphatic carbocycles. The van der Waals surface area contributed by atoms with Crippen LogP contribution in [0.5, 0.6) is 0 Å². The molecule has 18 heteroatoms.